The van der Waals surface area contributed by atoms with E-state index in [-0.39, 0.29) is 12.4 Å². The van der Waals surface area contributed by atoms with E-state index in [1.54, 1.807) is 26.2 Å². The van der Waals surface area contributed by atoms with Crippen molar-refractivity contribution in [3.05, 3.63) is 46.0 Å². The maximum absolute atomic E-state index is 13.0. The van der Waals surface area contributed by atoms with E-state index in [1.807, 2.05) is 12.1 Å². The van der Waals surface area contributed by atoms with Gasteiger partial charge in [0.2, 0.25) is 0 Å². The summed E-state index contributed by atoms with van der Waals surface area (Å²) in [6.45, 7) is 6.89. The Labute approximate surface area is 184 Å². The Balaban J connectivity index is 1.66. The fourth-order valence-electron chi connectivity index (χ4n) is 3.94. The molecule has 1 amide bonds. The molecule has 7 nitrogen and oxygen atoms in total. The second-order valence-corrected chi connectivity index (χ2v) is 8.50. The number of amides is 1. The summed E-state index contributed by atoms with van der Waals surface area (Å²) < 4.78 is 16.4. The predicted molar refractivity (Wildman–Crippen MR) is 120 cm³/mol. The molecule has 3 heterocycles. The third-order valence-corrected chi connectivity index (χ3v) is 6.47. The van der Waals surface area contributed by atoms with Crippen LogP contribution in [0.25, 0.3) is 11.0 Å². The number of rotatable bonds is 7. The number of carbonyl (C=O) groups is 2. The van der Waals surface area contributed by atoms with E-state index in [0.29, 0.717) is 21.9 Å². The lowest BCUT2D eigenvalue weighted by molar-refractivity contribution is 0.0526. The number of ether oxygens (including phenoxy) is 2. The molecule has 0 atom stereocenters. The van der Waals surface area contributed by atoms with Crippen molar-refractivity contribution in [2.24, 2.45) is 0 Å². The van der Waals surface area contributed by atoms with Gasteiger partial charge >= 0.3 is 5.97 Å². The zero-order chi connectivity index (χ0) is 22.0. The van der Waals surface area contributed by atoms with E-state index in [0.717, 1.165) is 48.3 Å². The van der Waals surface area contributed by atoms with Crippen LogP contribution in [0.2, 0.25) is 0 Å². The average Bonchev–Trinajstić information content (AvgIpc) is 3.35. The summed E-state index contributed by atoms with van der Waals surface area (Å²) in [7, 11) is 1.56. The molecule has 0 unspecified atom stereocenters. The number of carbonyl (C=O) groups excluding carboxylic acids is 2. The summed E-state index contributed by atoms with van der Waals surface area (Å²) in [5.74, 6) is -0.0852. The van der Waals surface area contributed by atoms with Crippen molar-refractivity contribution in [3.63, 3.8) is 0 Å². The predicted octanol–water partition coefficient (Wildman–Crippen LogP) is 4.70. The molecule has 0 bridgehead atoms. The standard InChI is InChI=1S/C23H26N2O5S/c1-4-10-25-11-9-15-18(13-25)31-22(19(15)23(27)29-5-2)24-21(26)17-12-14-7-6-8-16(28-3)20(14)30-17/h6-8,12H,4-5,9-11,13H2,1-3H3,(H,24,26). The van der Waals surface area contributed by atoms with Gasteiger partial charge in [0.05, 0.1) is 19.3 Å². The zero-order valence-corrected chi connectivity index (χ0v) is 18.8. The molecular formula is C23H26N2O5S. The first-order chi connectivity index (χ1) is 15.0. The van der Waals surface area contributed by atoms with Gasteiger partial charge < -0.3 is 19.2 Å². The van der Waals surface area contributed by atoms with Crippen LogP contribution < -0.4 is 10.1 Å². The Kier molecular flexibility index (Phi) is 6.29. The van der Waals surface area contributed by atoms with Crippen LogP contribution in [0.4, 0.5) is 5.00 Å². The minimum atomic E-state index is -0.409. The van der Waals surface area contributed by atoms with Crippen molar-refractivity contribution >= 4 is 39.2 Å². The van der Waals surface area contributed by atoms with Crippen molar-refractivity contribution < 1.29 is 23.5 Å². The highest BCUT2D eigenvalue weighted by atomic mass is 32.1. The first kappa shape index (κ1) is 21.4. The van der Waals surface area contributed by atoms with Crippen LogP contribution in [-0.2, 0) is 17.7 Å². The Hall–Kier alpha value is -2.84. The molecule has 164 valence electrons. The van der Waals surface area contributed by atoms with Gasteiger partial charge in [0, 0.05) is 23.4 Å². The molecule has 1 aliphatic rings. The minimum Gasteiger partial charge on any atom is -0.493 e. The van der Waals surface area contributed by atoms with E-state index in [1.165, 1.54) is 11.3 Å². The van der Waals surface area contributed by atoms with Crippen LogP contribution in [0.1, 0.15) is 51.6 Å². The van der Waals surface area contributed by atoms with Crippen molar-refractivity contribution in [3.8, 4) is 5.75 Å². The SMILES string of the molecule is CCCN1CCc2c(sc(NC(=O)c3cc4cccc(OC)c4o3)c2C(=O)OCC)C1. The highest BCUT2D eigenvalue weighted by Gasteiger charge is 2.30. The van der Waals surface area contributed by atoms with Crippen molar-refractivity contribution in [1.29, 1.82) is 0 Å². The number of nitrogens with zero attached hydrogens (tertiary/aromatic N) is 1. The number of benzene rings is 1. The Morgan fingerprint density at radius 3 is 2.87 bits per heavy atom. The zero-order valence-electron chi connectivity index (χ0n) is 17.9. The first-order valence-corrected chi connectivity index (χ1v) is 11.3. The van der Waals surface area contributed by atoms with E-state index in [2.05, 4.69) is 17.1 Å². The van der Waals surface area contributed by atoms with Crippen LogP contribution in [0, 0.1) is 0 Å². The highest BCUT2D eigenvalue weighted by Crippen LogP contribution is 2.38. The van der Waals surface area contributed by atoms with Gasteiger partial charge in [0.25, 0.3) is 5.91 Å². The molecule has 1 aliphatic heterocycles. The minimum absolute atomic E-state index is 0.160. The topological polar surface area (TPSA) is 81.0 Å². The smallest absolute Gasteiger partial charge is 0.341 e. The molecule has 0 fully saturated rings. The van der Waals surface area contributed by atoms with E-state index >= 15 is 0 Å². The number of para-hydroxylation sites is 1. The molecular weight excluding hydrogens is 416 g/mol. The van der Waals surface area contributed by atoms with E-state index in [9.17, 15) is 9.59 Å². The number of hydrogen-bond acceptors (Lipinski definition) is 7. The molecule has 3 aromatic rings. The lowest BCUT2D eigenvalue weighted by atomic mass is 10.0. The molecule has 8 heteroatoms. The Bertz CT molecular complexity index is 1120. The summed E-state index contributed by atoms with van der Waals surface area (Å²) in [4.78, 5) is 29.2. The number of fused-ring (bicyclic) bond motifs is 2. The summed E-state index contributed by atoms with van der Waals surface area (Å²) in [5, 5.41) is 4.18. The fourth-order valence-corrected chi connectivity index (χ4v) is 5.22. The van der Waals surface area contributed by atoms with Gasteiger partial charge in [-0.2, -0.15) is 0 Å². The maximum atomic E-state index is 13.0. The second-order valence-electron chi connectivity index (χ2n) is 7.40. The van der Waals surface area contributed by atoms with Gasteiger partial charge in [0.1, 0.15) is 5.00 Å². The van der Waals surface area contributed by atoms with Crippen molar-refractivity contribution in [2.75, 3.05) is 32.1 Å². The lowest BCUT2D eigenvalue weighted by Gasteiger charge is -2.26. The lowest BCUT2D eigenvalue weighted by Crippen LogP contribution is -2.30. The number of hydrogen-bond donors (Lipinski definition) is 1. The number of thiophene rings is 1. The maximum Gasteiger partial charge on any atom is 0.341 e. The third-order valence-electron chi connectivity index (χ3n) is 5.33. The number of anilines is 1. The highest BCUT2D eigenvalue weighted by molar-refractivity contribution is 7.17. The first-order valence-electron chi connectivity index (χ1n) is 10.5. The quantitative estimate of drug-likeness (QED) is 0.534. The molecule has 1 N–H and O–H groups in total. The number of esters is 1. The molecule has 1 aromatic carbocycles. The van der Waals surface area contributed by atoms with Gasteiger partial charge in [-0.25, -0.2) is 4.79 Å². The normalized spacial score (nSPS) is 13.8. The Morgan fingerprint density at radius 1 is 1.29 bits per heavy atom. The Morgan fingerprint density at radius 2 is 2.13 bits per heavy atom. The van der Waals surface area contributed by atoms with Crippen molar-refractivity contribution in [2.45, 2.75) is 33.2 Å². The molecule has 0 saturated heterocycles. The largest absolute Gasteiger partial charge is 0.493 e. The molecule has 0 aliphatic carbocycles. The van der Waals surface area contributed by atoms with Gasteiger partial charge in [-0.05, 0) is 44.0 Å². The number of nitrogens with one attached hydrogen (secondary N) is 1. The number of methoxy groups -OCH3 is 1. The molecule has 0 saturated carbocycles. The van der Waals surface area contributed by atoms with Gasteiger partial charge in [-0.15, -0.1) is 11.3 Å². The van der Waals surface area contributed by atoms with Crippen LogP contribution in [-0.4, -0.2) is 43.6 Å². The molecule has 0 spiro atoms. The second kappa shape index (κ2) is 9.11. The van der Waals surface area contributed by atoms with Crippen molar-refractivity contribution in [1.82, 2.24) is 4.90 Å². The summed E-state index contributed by atoms with van der Waals surface area (Å²) in [5.41, 5.74) is 1.97. The third kappa shape index (κ3) is 4.18. The van der Waals surface area contributed by atoms with Crippen LogP contribution in [0.15, 0.2) is 28.7 Å². The molecule has 4 rings (SSSR count). The molecule has 31 heavy (non-hydrogen) atoms. The molecule has 2 aromatic heterocycles. The number of furan rings is 1. The molecule has 0 radical (unpaired) electrons. The van der Waals surface area contributed by atoms with Crippen LogP contribution >= 0.6 is 11.3 Å². The van der Waals surface area contributed by atoms with E-state index in [4.69, 9.17) is 13.9 Å². The van der Waals surface area contributed by atoms with Crippen LogP contribution in [0.5, 0.6) is 5.75 Å². The summed E-state index contributed by atoms with van der Waals surface area (Å²) in [6.07, 6.45) is 1.84. The summed E-state index contributed by atoms with van der Waals surface area (Å²) in [6, 6.07) is 7.15. The van der Waals surface area contributed by atoms with E-state index < -0.39 is 11.9 Å². The average molecular weight is 443 g/mol. The van der Waals surface area contributed by atoms with Gasteiger partial charge in [0.15, 0.2) is 17.1 Å². The monoisotopic (exact) mass is 442 g/mol. The fraction of sp³-hybridized carbons (Fsp3) is 0.391. The van der Waals surface area contributed by atoms with Crippen LogP contribution in [0.3, 0.4) is 0 Å². The van der Waals surface area contributed by atoms with Gasteiger partial charge in [-0.3, -0.25) is 9.69 Å². The summed E-state index contributed by atoms with van der Waals surface area (Å²) >= 11 is 1.44. The van der Waals surface area contributed by atoms with Gasteiger partial charge in [-0.1, -0.05) is 19.1 Å².